The lowest BCUT2D eigenvalue weighted by Gasteiger charge is -2.31. The first-order chi connectivity index (χ1) is 25.9. The summed E-state index contributed by atoms with van der Waals surface area (Å²) in [5.74, 6) is -1.30. The number of carbonyl (C=O) groups is 1. The molecule has 15 heteroatoms. The van der Waals surface area contributed by atoms with Gasteiger partial charge in [0.1, 0.15) is 0 Å². The van der Waals surface area contributed by atoms with E-state index in [2.05, 4.69) is 10.3 Å². The van der Waals surface area contributed by atoms with E-state index < -0.39 is 42.4 Å². The highest BCUT2D eigenvalue weighted by Crippen LogP contribution is 2.60. The number of non-ortho nitro benzene ring substituents is 1. The van der Waals surface area contributed by atoms with Gasteiger partial charge in [-0.25, -0.2) is 0 Å². The van der Waals surface area contributed by atoms with Crippen LogP contribution >= 0.6 is 0 Å². The molecule has 5 atom stereocenters. The van der Waals surface area contributed by atoms with E-state index in [9.17, 15) is 24.8 Å². The minimum atomic E-state index is -3.54. The normalized spacial score (nSPS) is 21.4. The molecule has 1 fully saturated rings. The van der Waals surface area contributed by atoms with Crippen LogP contribution in [0.2, 0.25) is 18.6 Å². The van der Waals surface area contributed by atoms with Crippen LogP contribution in [0.4, 0.5) is 15.5 Å². The number of nitrogens with zero attached hydrogens (tertiary/aromatic N) is 6. The van der Waals surface area contributed by atoms with Crippen LogP contribution in [-0.2, 0) is 28.2 Å². The first kappa shape index (κ1) is 36.8. The van der Waals surface area contributed by atoms with Crippen molar-refractivity contribution in [2.75, 3.05) is 18.6 Å². The van der Waals surface area contributed by atoms with Gasteiger partial charge in [0.2, 0.25) is 8.41 Å². The van der Waals surface area contributed by atoms with E-state index in [4.69, 9.17) is 9.47 Å². The summed E-state index contributed by atoms with van der Waals surface area (Å²) in [7, 11) is -2.11. The summed E-state index contributed by atoms with van der Waals surface area (Å²) in [5.41, 5.74) is 0.616. The van der Waals surface area contributed by atoms with E-state index >= 15 is 4.11 Å². The Morgan fingerprint density at radius 2 is 1.85 bits per heavy atom. The molecule has 2 aliphatic heterocycles. The van der Waals surface area contributed by atoms with Crippen LogP contribution in [-0.4, -0.2) is 63.7 Å². The Kier molecular flexibility index (Phi) is 9.81. The van der Waals surface area contributed by atoms with Crippen molar-refractivity contribution >= 4 is 25.7 Å². The Hall–Kier alpha value is -5.51. The summed E-state index contributed by atoms with van der Waals surface area (Å²) < 4.78 is 31.6. The molecule has 0 saturated carbocycles. The van der Waals surface area contributed by atoms with Crippen molar-refractivity contribution in [1.82, 2.24) is 19.6 Å². The third-order valence-corrected chi connectivity index (χ3v) is 13.2. The zero-order chi connectivity index (χ0) is 38.4. The van der Waals surface area contributed by atoms with Crippen molar-refractivity contribution in [3.05, 3.63) is 140 Å². The number of ether oxygens (including phenoxy) is 2. The quantitative estimate of drug-likeness (QED) is 0.0712. The maximum absolute atomic E-state index is 16.5. The van der Waals surface area contributed by atoms with Gasteiger partial charge in [0.15, 0.2) is 11.4 Å². The van der Waals surface area contributed by atoms with E-state index in [1.807, 2.05) is 36.4 Å². The third-order valence-electron chi connectivity index (χ3n) is 10.8. The summed E-state index contributed by atoms with van der Waals surface area (Å²) in [4.78, 5) is 41.0. The van der Waals surface area contributed by atoms with E-state index in [1.54, 1.807) is 73.5 Å². The van der Waals surface area contributed by atoms with Gasteiger partial charge in [0.05, 0.1) is 48.6 Å². The molecular weight excluding hydrogens is 712 g/mol. The number of aromatic nitrogens is 4. The average Bonchev–Trinajstić information content (AvgIpc) is 3.81. The summed E-state index contributed by atoms with van der Waals surface area (Å²) in [6.45, 7) is 5.20. The van der Waals surface area contributed by atoms with E-state index in [0.29, 0.717) is 41.2 Å². The third kappa shape index (κ3) is 6.41. The van der Waals surface area contributed by atoms with Crippen molar-refractivity contribution in [1.29, 1.82) is 0 Å². The number of aliphatic hydroxyl groups excluding tert-OH is 1. The van der Waals surface area contributed by atoms with Crippen molar-refractivity contribution in [2.45, 2.75) is 62.7 Å². The van der Waals surface area contributed by atoms with Gasteiger partial charge in [-0.1, -0.05) is 54.6 Å². The van der Waals surface area contributed by atoms with Crippen LogP contribution in [0.25, 0.3) is 5.69 Å². The minimum Gasteiger partial charge on any atom is -0.491 e. The molecule has 0 radical (unpaired) electrons. The summed E-state index contributed by atoms with van der Waals surface area (Å²) in [5, 5.41) is 30.8. The number of hydrogen-bond acceptors (Lipinski definition) is 9. The van der Waals surface area contributed by atoms with Gasteiger partial charge in [-0.3, -0.25) is 29.0 Å². The second-order valence-corrected chi connectivity index (χ2v) is 18.2. The van der Waals surface area contributed by atoms with Crippen LogP contribution in [0.3, 0.4) is 0 Å². The van der Waals surface area contributed by atoms with Crippen LogP contribution in [0.5, 0.6) is 5.75 Å². The van der Waals surface area contributed by atoms with Crippen molar-refractivity contribution in [3.63, 3.8) is 0 Å². The summed E-state index contributed by atoms with van der Waals surface area (Å²) in [6, 6.07) is 24.2. The van der Waals surface area contributed by atoms with E-state index in [-0.39, 0.29) is 36.1 Å². The van der Waals surface area contributed by atoms with Crippen molar-refractivity contribution in [3.8, 4) is 11.4 Å². The number of rotatable bonds is 12. The lowest BCUT2D eigenvalue weighted by atomic mass is 9.82. The molecule has 2 aliphatic rings. The fourth-order valence-corrected chi connectivity index (χ4v) is 10.8. The lowest BCUT2D eigenvalue weighted by molar-refractivity contribution is -0.385. The van der Waals surface area contributed by atoms with Gasteiger partial charge >= 0.3 is 0 Å². The van der Waals surface area contributed by atoms with E-state index in [1.165, 1.54) is 28.7 Å². The number of nitro benzene ring substituents is 1. The molecule has 1 N–H and O–H groups in total. The van der Waals surface area contributed by atoms with Crippen LogP contribution in [0.15, 0.2) is 102 Å². The fourth-order valence-electron chi connectivity index (χ4n) is 8.29. The standard InChI is InChI=1S/C39H41FN6O7Si/c1-25-36(54(3,4)40)34(17-19-43-23-32(41-42-43)30(24-47)27-11-6-5-7-12-27)53-39(25)31-21-29(46(50)51)15-16-33(31)45(38(39)49)22-26-10-8-13-28(20-26)44-18-9-14-35(52-2)37(44)48/h5-16,18,20-21,23,25,30,34,36,47H,17,19,22,24H2,1-4H3/t25-,30?,34+,36-,39+/m1/s1. The number of benzene rings is 3. The molecule has 54 heavy (non-hydrogen) atoms. The zero-order valence-electron chi connectivity index (χ0n) is 30.3. The largest absolute Gasteiger partial charge is 0.491 e. The SMILES string of the molecule is COc1cccn(-c2cccc(CN3C(=O)[C@@]4(O[C@@H](CCn5cc(C(CO)c6ccccc6)nn5)[C@H]([Si](C)(C)F)[C@H]4C)c4cc([N+](=O)[O-])ccc43)c2)c1=O. The number of carbonyl (C=O) groups excluding carboxylic acids is 1. The average molecular weight is 753 g/mol. The summed E-state index contributed by atoms with van der Waals surface area (Å²) in [6.07, 6.45) is 2.95. The van der Waals surface area contributed by atoms with Gasteiger partial charge in [-0.15, -0.1) is 5.10 Å². The van der Waals surface area contributed by atoms with Gasteiger partial charge in [-0.2, -0.15) is 0 Å². The second kappa shape index (κ2) is 14.4. The first-order valence-corrected chi connectivity index (χ1v) is 20.7. The number of pyridine rings is 1. The number of aliphatic hydroxyl groups is 1. The molecule has 1 saturated heterocycles. The molecule has 3 aromatic carbocycles. The molecule has 7 rings (SSSR count). The van der Waals surface area contributed by atoms with Gasteiger partial charge in [0, 0.05) is 53.8 Å². The second-order valence-electron chi connectivity index (χ2n) is 14.4. The van der Waals surface area contributed by atoms with Crippen LogP contribution in [0, 0.1) is 16.0 Å². The number of aryl methyl sites for hydroxylation is 1. The monoisotopic (exact) mass is 752 g/mol. The predicted octanol–water partition coefficient (Wildman–Crippen LogP) is 5.88. The van der Waals surface area contributed by atoms with Gasteiger partial charge in [0.25, 0.3) is 17.2 Å². The maximum atomic E-state index is 16.5. The zero-order valence-corrected chi connectivity index (χ0v) is 31.3. The number of methoxy groups -OCH3 is 1. The highest BCUT2D eigenvalue weighted by Gasteiger charge is 2.67. The van der Waals surface area contributed by atoms with Crippen LogP contribution in [0.1, 0.15) is 41.6 Å². The number of fused-ring (bicyclic) bond motifs is 2. The molecule has 0 bridgehead atoms. The topological polar surface area (TPSA) is 155 Å². The minimum absolute atomic E-state index is 0.0645. The first-order valence-electron chi connectivity index (χ1n) is 17.8. The fraction of sp³-hybridized carbons (Fsp3) is 0.333. The summed E-state index contributed by atoms with van der Waals surface area (Å²) >= 11 is 0. The molecule has 13 nitrogen and oxygen atoms in total. The van der Waals surface area contributed by atoms with Crippen molar-refractivity contribution in [2.24, 2.45) is 5.92 Å². The number of nitro groups is 1. The smallest absolute Gasteiger partial charge is 0.297 e. The number of halogens is 1. The molecule has 2 aromatic heterocycles. The Labute approximate surface area is 311 Å². The lowest BCUT2D eigenvalue weighted by Crippen LogP contribution is -2.45. The highest BCUT2D eigenvalue weighted by atomic mass is 28.4. The van der Waals surface area contributed by atoms with Crippen molar-refractivity contribution < 1.29 is 28.4 Å². The van der Waals surface area contributed by atoms with Gasteiger partial charge < -0.3 is 23.6 Å². The molecular formula is C39H41FN6O7Si. The Bertz CT molecular complexity index is 2260. The molecule has 5 aromatic rings. The molecule has 1 amide bonds. The number of hydrogen-bond donors (Lipinski definition) is 1. The van der Waals surface area contributed by atoms with Gasteiger partial charge in [-0.05, 0) is 61.0 Å². The molecule has 1 unspecified atom stereocenters. The Balaban J connectivity index is 1.22. The highest BCUT2D eigenvalue weighted by molar-refractivity contribution is 6.72. The Morgan fingerprint density at radius 3 is 2.56 bits per heavy atom. The number of amides is 1. The molecule has 1 spiro atoms. The molecule has 4 heterocycles. The van der Waals surface area contributed by atoms with Crippen LogP contribution < -0.4 is 15.2 Å². The van der Waals surface area contributed by atoms with E-state index in [0.717, 1.165) is 5.56 Å². The maximum Gasteiger partial charge on any atom is 0.297 e. The number of anilines is 1. The Morgan fingerprint density at radius 1 is 1.07 bits per heavy atom. The predicted molar refractivity (Wildman–Crippen MR) is 201 cm³/mol. The molecule has 0 aliphatic carbocycles. The molecule has 280 valence electrons.